The number of alkyl carbamates (subject to hydrolysis) is 1. The van der Waals surface area contributed by atoms with E-state index in [9.17, 15) is 9.59 Å². The molecule has 0 aliphatic heterocycles. The summed E-state index contributed by atoms with van der Waals surface area (Å²) in [4.78, 5) is 24.6. The second kappa shape index (κ2) is 6.12. The molecule has 0 aromatic heterocycles. The fraction of sp³-hybridized carbons (Fsp3) is 0.364. The lowest BCUT2D eigenvalue weighted by molar-refractivity contribution is -0.145. The molecule has 0 heterocycles. The summed E-state index contributed by atoms with van der Waals surface area (Å²) in [5.41, 5.74) is 3.32. The van der Waals surface area contributed by atoms with E-state index >= 15 is 0 Å². The van der Waals surface area contributed by atoms with Gasteiger partial charge in [0.2, 0.25) is 0 Å². The molecule has 27 heavy (non-hydrogen) atoms. The van der Waals surface area contributed by atoms with Crippen LogP contribution in [0.1, 0.15) is 37.3 Å². The molecular formula is C22H23NO4. The van der Waals surface area contributed by atoms with E-state index in [4.69, 9.17) is 9.47 Å². The largest absolute Gasteiger partial charge is 0.467 e. The number of amides is 1. The standard InChI is InChI=1S/C22H23NO4/c1-21(2)13-22(21,19(24)26-3)23-20(25)27-12-18-16-10-6-4-8-14(16)15-9-5-7-11-17(15)18/h4-11,18H,12-13H2,1-3H3,(H,23,25). The Labute approximate surface area is 158 Å². The Balaban J connectivity index is 1.50. The monoisotopic (exact) mass is 365 g/mol. The van der Waals surface area contributed by atoms with E-state index in [1.807, 2.05) is 38.1 Å². The molecule has 140 valence electrons. The number of hydrogen-bond donors (Lipinski definition) is 1. The number of methoxy groups -OCH3 is 1. The van der Waals surface area contributed by atoms with Crippen molar-refractivity contribution >= 4 is 12.1 Å². The Morgan fingerprint density at radius 1 is 1.04 bits per heavy atom. The molecule has 2 aliphatic carbocycles. The molecule has 1 amide bonds. The fourth-order valence-electron chi connectivity index (χ4n) is 4.21. The first kappa shape index (κ1) is 17.6. The number of hydrogen-bond acceptors (Lipinski definition) is 4. The lowest BCUT2D eigenvalue weighted by Crippen LogP contribution is -2.47. The zero-order valence-electron chi connectivity index (χ0n) is 15.7. The first-order chi connectivity index (χ1) is 12.9. The molecule has 1 unspecified atom stereocenters. The van der Waals surface area contributed by atoms with Crippen LogP contribution in [0.15, 0.2) is 48.5 Å². The van der Waals surface area contributed by atoms with Gasteiger partial charge in [-0.3, -0.25) is 0 Å². The van der Waals surface area contributed by atoms with Crippen LogP contribution >= 0.6 is 0 Å². The molecule has 1 fully saturated rings. The van der Waals surface area contributed by atoms with Crippen LogP contribution in [-0.2, 0) is 14.3 Å². The number of carbonyl (C=O) groups excluding carboxylic acids is 2. The topological polar surface area (TPSA) is 64.6 Å². The highest BCUT2D eigenvalue weighted by atomic mass is 16.6. The van der Waals surface area contributed by atoms with Crippen molar-refractivity contribution in [1.29, 1.82) is 0 Å². The molecule has 5 heteroatoms. The molecule has 1 N–H and O–H groups in total. The SMILES string of the molecule is COC(=O)C1(NC(=O)OCC2c3ccccc3-c3ccccc32)CC1(C)C. The van der Waals surface area contributed by atoms with Gasteiger partial charge in [-0.05, 0) is 28.7 Å². The summed E-state index contributed by atoms with van der Waals surface area (Å²) in [5.74, 6) is -0.439. The summed E-state index contributed by atoms with van der Waals surface area (Å²) in [6.45, 7) is 4.07. The van der Waals surface area contributed by atoms with Crippen molar-refractivity contribution in [2.75, 3.05) is 13.7 Å². The first-order valence-corrected chi connectivity index (χ1v) is 9.11. The number of benzene rings is 2. The van der Waals surface area contributed by atoms with Crippen LogP contribution in [0.2, 0.25) is 0 Å². The Hall–Kier alpha value is -2.82. The third-order valence-corrected chi connectivity index (χ3v) is 5.93. The summed E-state index contributed by atoms with van der Waals surface area (Å²) in [6, 6.07) is 16.3. The highest BCUT2D eigenvalue weighted by molar-refractivity contribution is 5.90. The van der Waals surface area contributed by atoms with Gasteiger partial charge in [-0.2, -0.15) is 0 Å². The van der Waals surface area contributed by atoms with Gasteiger partial charge in [0.05, 0.1) is 7.11 Å². The summed E-state index contributed by atoms with van der Waals surface area (Å²) in [5, 5.41) is 2.74. The number of esters is 1. The van der Waals surface area contributed by atoms with Gasteiger partial charge in [-0.1, -0.05) is 62.4 Å². The maximum absolute atomic E-state index is 12.4. The highest BCUT2D eigenvalue weighted by Crippen LogP contribution is 2.56. The summed E-state index contributed by atoms with van der Waals surface area (Å²) in [7, 11) is 1.33. The van der Waals surface area contributed by atoms with Gasteiger partial charge in [0.25, 0.3) is 0 Å². The maximum atomic E-state index is 12.4. The van der Waals surface area contributed by atoms with Gasteiger partial charge in [-0.15, -0.1) is 0 Å². The van der Waals surface area contributed by atoms with Crippen molar-refractivity contribution in [2.45, 2.75) is 31.7 Å². The predicted molar refractivity (Wildman–Crippen MR) is 101 cm³/mol. The quantitative estimate of drug-likeness (QED) is 0.836. The normalized spacial score (nSPS) is 21.7. The third-order valence-electron chi connectivity index (χ3n) is 5.93. The second-order valence-electron chi connectivity index (χ2n) is 7.91. The number of ether oxygens (including phenoxy) is 2. The van der Waals surface area contributed by atoms with Gasteiger partial charge in [0.1, 0.15) is 12.1 Å². The minimum Gasteiger partial charge on any atom is -0.467 e. The lowest BCUT2D eigenvalue weighted by Gasteiger charge is -2.20. The Morgan fingerprint density at radius 3 is 2.04 bits per heavy atom. The van der Waals surface area contributed by atoms with Crippen molar-refractivity contribution < 1.29 is 19.1 Å². The van der Waals surface area contributed by atoms with E-state index in [-0.39, 0.29) is 17.9 Å². The lowest BCUT2D eigenvalue weighted by atomic mass is 9.98. The minimum atomic E-state index is -0.996. The molecule has 0 saturated heterocycles. The zero-order chi connectivity index (χ0) is 19.2. The van der Waals surface area contributed by atoms with Crippen LogP contribution in [0.25, 0.3) is 11.1 Å². The number of nitrogens with one attached hydrogen (secondary N) is 1. The van der Waals surface area contributed by atoms with Crippen LogP contribution < -0.4 is 5.32 Å². The minimum absolute atomic E-state index is 0.00978. The van der Waals surface area contributed by atoms with Crippen molar-refractivity contribution in [3.05, 3.63) is 59.7 Å². The molecule has 4 rings (SSSR count). The number of rotatable bonds is 4. The van der Waals surface area contributed by atoms with Crippen molar-refractivity contribution in [1.82, 2.24) is 5.32 Å². The van der Waals surface area contributed by atoms with Crippen molar-refractivity contribution in [2.24, 2.45) is 5.41 Å². The highest BCUT2D eigenvalue weighted by Gasteiger charge is 2.68. The molecule has 0 bridgehead atoms. The van der Waals surface area contributed by atoms with Crippen LogP contribution in [0.4, 0.5) is 4.79 Å². The zero-order valence-corrected chi connectivity index (χ0v) is 15.7. The summed E-state index contributed by atoms with van der Waals surface area (Å²) >= 11 is 0. The molecule has 1 saturated carbocycles. The number of carbonyl (C=O) groups is 2. The van der Waals surface area contributed by atoms with Crippen molar-refractivity contribution in [3.63, 3.8) is 0 Å². The Bertz CT molecular complexity index is 875. The van der Waals surface area contributed by atoms with Gasteiger partial charge >= 0.3 is 12.1 Å². The first-order valence-electron chi connectivity index (χ1n) is 9.11. The van der Waals surface area contributed by atoms with Crippen LogP contribution in [-0.4, -0.2) is 31.3 Å². The Kier molecular flexibility index (Phi) is 3.98. The van der Waals surface area contributed by atoms with Gasteiger partial charge < -0.3 is 14.8 Å². The van der Waals surface area contributed by atoms with Crippen LogP contribution in [0, 0.1) is 5.41 Å². The van der Waals surface area contributed by atoms with E-state index in [1.165, 1.54) is 18.2 Å². The van der Waals surface area contributed by atoms with E-state index < -0.39 is 17.6 Å². The molecular weight excluding hydrogens is 342 g/mol. The van der Waals surface area contributed by atoms with Crippen molar-refractivity contribution in [3.8, 4) is 11.1 Å². The maximum Gasteiger partial charge on any atom is 0.408 e. The van der Waals surface area contributed by atoms with Crippen LogP contribution in [0.5, 0.6) is 0 Å². The second-order valence-corrected chi connectivity index (χ2v) is 7.91. The predicted octanol–water partition coefficient (Wildman–Crippen LogP) is 3.87. The molecule has 0 radical (unpaired) electrons. The van der Waals surface area contributed by atoms with Gasteiger partial charge in [-0.25, -0.2) is 9.59 Å². The average molecular weight is 365 g/mol. The molecule has 2 aromatic carbocycles. The third kappa shape index (κ3) is 2.69. The van der Waals surface area contributed by atoms with E-state index in [0.29, 0.717) is 6.42 Å². The van der Waals surface area contributed by atoms with Crippen LogP contribution in [0.3, 0.4) is 0 Å². The molecule has 5 nitrogen and oxygen atoms in total. The van der Waals surface area contributed by atoms with E-state index in [1.54, 1.807) is 0 Å². The van der Waals surface area contributed by atoms with Gasteiger partial charge in [0.15, 0.2) is 0 Å². The Morgan fingerprint density at radius 2 is 1.56 bits per heavy atom. The average Bonchev–Trinajstić information content (AvgIpc) is 3.08. The van der Waals surface area contributed by atoms with Gasteiger partial charge in [0, 0.05) is 11.3 Å². The fourth-order valence-corrected chi connectivity index (χ4v) is 4.21. The molecule has 1 atom stereocenters. The number of fused-ring (bicyclic) bond motifs is 3. The molecule has 0 spiro atoms. The summed E-state index contributed by atoms with van der Waals surface area (Å²) in [6.07, 6.45) is -0.0514. The molecule has 2 aromatic rings. The molecule has 2 aliphatic rings. The van der Waals surface area contributed by atoms with E-state index in [0.717, 1.165) is 11.1 Å². The summed E-state index contributed by atoms with van der Waals surface area (Å²) < 4.78 is 10.4. The smallest absolute Gasteiger partial charge is 0.408 e. The van der Waals surface area contributed by atoms with E-state index in [2.05, 4.69) is 29.6 Å².